The lowest BCUT2D eigenvalue weighted by molar-refractivity contribution is -0.113. The Morgan fingerprint density at radius 3 is 2.59 bits per heavy atom. The molecule has 0 aliphatic heterocycles. The number of alkyl halides is 2. The highest BCUT2D eigenvalue weighted by molar-refractivity contribution is 7.99. The molecule has 4 rings (SSSR count). The number of para-hydroxylation sites is 1. The number of fused-ring (bicyclic) bond motifs is 3. The van der Waals surface area contributed by atoms with Gasteiger partial charge in [0.05, 0.1) is 20.9 Å². The topological polar surface area (TPSA) is 93.4 Å². The van der Waals surface area contributed by atoms with E-state index in [1.165, 1.54) is 35.2 Å². The molecule has 0 bridgehead atoms. The van der Waals surface area contributed by atoms with Crippen molar-refractivity contribution in [1.82, 2.24) is 14.6 Å². The van der Waals surface area contributed by atoms with Crippen molar-refractivity contribution in [2.24, 2.45) is 0 Å². The van der Waals surface area contributed by atoms with Crippen molar-refractivity contribution < 1.29 is 22.0 Å². The van der Waals surface area contributed by atoms with Crippen LogP contribution in [0.4, 0.5) is 14.5 Å². The average Bonchev–Trinajstić information content (AvgIpc) is 3.26. The minimum atomic E-state index is -4.66. The van der Waals surface area contributed by atoms with Gasteiger partial charge in [-0.1, -0.05) is 35.2 Å². The van der Waals surface area contributed by atoms with Crippen LogP contribution in [0, 0.1) is 0 Å². The van der Waals surface area contributed by atoms with Crippen molar-refractivity contribution in [1.29, 1.82) is 0 Å². The number of thiazole rings is 1. The second-order valence-electron chi connectivity index (χ2n) is 5.84. The summed E-state index contributed by atoms with van der Waals surface area (Å²) in [6.45, 7) is 0. The summed E-state index contributed by atoms with van der Waals surface area (Å²) < 4.78 is 50.9. The third-order valence-electron chi connectivity index (χ3n) is 3.94. The Morgan fingerprint density at radius 2 is 1.86 bits per heavy atom. The van der Waals surface area contributed by atoms with Gasteiger partial charge in [-0.25, -0.2) is 8.42 Å². The second kappa shape index (κ2) is 7.69. The Kier molecular flexibility index (Phi) is 5.23. The number of benzene rings is 2. The highest BCUT2D eigenvalue weighted by Gasteiger charge is 2.26. The van der Waals surface area contributed by atoms with Gasteiger partial charge in [-0.3, -0.25) is 9.20 Å². The highest BCUT2D eigenvalue weighted by Crippen LogP contribution is 2.29. The molecule has 0 aliphatic rings. The van der Waals surface area contributed by atoms with Crippen molar-refractivity contribution in [3.8, 4) is 0 Å². The lowest BCUT2D eigenvalue weighted by atomic mass is 10.3. The zero-order valence-corrected chi connectivity index (χ0v) is 16.9. The van der Waals surface area contributed by atoms with Gasteiger partial charge >= 0.3 is 5.76 Å². The maximum atomic E-state index is 12.6. The predicted octanol–water partition coefficient (Wildman–Crippen LogP) is 3.67. The van der Waals surface area contributed by atoms with Crippen molar-refractivity contribution in [2.75, 3.05) is 11.1 Å². The number of hydrogen-bond donors (Lipinski definition) is 1. The molecule has 0 spiro atoms. The fraction of sp³-hybridized carbons (Fsp3) is 0.118. The minimum absolute atomic E-state index is 0.0437. The fourth-order valence-electron chi connectivity index (χ4n) is 2.61. The van der Waals surface area contributed by atoms with E-state index in [1.54, 1.807) is 0 Å². The summed E-state index contributed by atoms with van der Waals surface area (Å²) in [6, 6.07) is 12.4. The number of carbonyl (C=O) groups is 1. The number of anilines is 1. The molecule has 0 saturated heterocycles. The minimum Gasteiger partial charge on any atom is -0.325 e. The van der Waals surface area contributed by atoms with Gasteiger partial charge in [-0.15, -0.1) is 10.2 Å². The first-order valence-corrected chi connectivity index (χ1v) is 11.5. The standard InChI is InChI=1S/C17H12F2N4O3S3/c18-15(19)29(25,26)11-7-5-10(6-8-11)20-14(24)9-27-16-21-22-17-23(16)12-3-1-2-4-13(12)28-17/h1-8,15H,9H2,(H,20,24). The summed E-state index contributed by atoms with van der Waals surface area (Å²) in [6.07, 6.45) is 0. The van der Waals surface area contributed by atoms with E-state index in [0.717, 1.165) is 27.3 Å². The number of sulfone groups is 1. The molecule has 7 nitrogen and oxygen atoms in total. The second-order valence-corrected chi connectivity index (χ2v) is 9.71. The summed E-state index contributed by atoms with van der Waals surface area (Å²) in [5, 5.41) is 11.4. The molecule has 4 aromatic rings. The Balaban J connectivity index is 1.44. The normalized spacial score (nSPS) is 12.1. The van der Waals surface area contributed by atoms with Crippen LogP contribution in [0.5, 0.6) is 0 Å². The molecule has 1 amide bonds. The lowest BCUT2D eigenvalue weighted by Crippen LogP contribution is -2.15. The van der Waals surface area contributed by atoms with Crippen LogP contribution in [-0.2, 0) is 14.6 Å². The van der Waals surface area contributed by atoms with Gasteiger partial charge in [-0.05, 0) is 36.4 Å². The number of rotatable bonds is 6. The van der Waals surface area contributed by atoms with Crippen molar-refractivity contribution in [2.45, 2.75) is 15.8 Å². The molecule has 2 aromatic heterocycles. The average molecular weight is 455 g/mol. The smallest absolute Gasteiger partial charge is 0.325 e. The number of thioether (sulfide) groups is 1. The van der Waals surface area contributed by atoms with Gasteiger partial charge < -0.3 is 5.32 Å². The van der Waals surface area contributed by atoms with E-state index in [4.69, 9.17) is 0 Å². The molecule has 29 heavy (non-hydrogen) atoms. The largest absolute Gasteiger partial charge is 0.341 e. The van der Waals surface area contributed by atoms with Crippen molar-refractivity contribution >= 4 is 59.7 Å². The summed E-state index contributed by atoms with van der Waals surface area (Å²) in [4.78, 5) is 12.4. The Hall–Kier alpha value is -2.57. The van der Waals surface area contributed by atoms with Gasteiger partial charge in [0.15, 0.2) is 5.16 Å². The van der Waals surface area contributed by atoms with Crippen molar-refractivity contribution in [3.05, 3.63) is 48.5 Å². The molecule has 2 heterocycles. The van der Waals surface area contributed by atoms with E-state index in [0.29, 0.717) is 10.8 Å². The number of carbonyl (C=O) groups excluding carboxylic acids is 1. The van der Waals surface area contributed by atoms with E-state index in [-0.39, 0.29) is 11.7 Å². The summed E-state index contributed by atoms with van der Waals surface area (Å²) in [7, 11) is -4.66. The van der Waals surface area contributed by atoms with Gasteiger partial charge in [0.1, 0.15) is 0 Å². The summed E-state index contributed by atoms with van der Waals surface area (Å²) >= 11 is 2.70. The third kappa shape index (κ3) is 3.82. The molecule has 0 unspecified atom stereocenters. The van der Waals surface area contributed by atoms with Crippen LogP contribution >= 0.6 is 23.1 Å². The number of amides is 1. The molecule has 0 radical (unpaired) electrons. The van der Waals surface area contributed by atoms with Gasteiger partial charge in [0, 0.05) is 5.69 Å². The van der Waals surface area contributed by atoms with E-state index in [1.807, 2.05) is 28.7 Å². The predicted molar refractivity (Wildman–Crippen MR) is 107 cm³/mol. The molecule has 0 fully saturated rings. The number of nitrogens with zero attached hydrogens (tertiary/aromatic N) is 3. The van der Waals surface area contributed by atoms with Crippen molar-refractivity contribution in [3.63, 3.8) is 0 Å². The number of aromatic nitrogens is 3. The molecule has 0 saturated carbocycles. The summed E-state index contributed by atoms with van der Waals surface area (Å²) in [5.41, 5.74) is 1.26. The number of hydrogen-bond acceptors (Lipinski definition) is 7. The van der Waals surface area contributed by atoms with Gasteiger partial charge in [0.25, 0.3) is 0 Å². The van der Waals surface area contributed by atoms with E-state index >= 15 is 0 Å². The number of halogens is 2. The van der Waals surface area contributed by atoms with Crippen LogP contribution < -0.4 is 5.32 Å². The van der Waals surface area contributed by atoms with Crippen LogP contribution in [0.1, 0.15) is 0 Å². The van der Waals surface area contributed by atoms with Crippen LogP contribution in [0.25, 0.3) is 15.2 Å². The van der Waals surface area contributed by atoms with Gasteiger partial charge in [0.2, 0.25) is 20.7 Å². The first kappa shape index (κ1) is 19.7. The maximum absolute atomic E-state index is 12.6. The van der Waals surface area contributed by atoms with E-state index in [9.17, 15) is 22.0 Å². The Bertz CT molecular complexity index is 1300. The van der Waals surface area contributed by atoms with E-state index < -0.39 is 20.5 Å². The molecular weight excluding hydrogens is 442 g/mol. The summed E-state index contributed by atoms with van der Waals surface area (Å²) in [5.74, 6) is -3.80. The van der Waals surface area contributed by atoms with Crippen LogP contribution in [0.15, 0.2) is 58.6 Å². The monoisotopic (exact) mass is 454 g/mol. The quantitative estimate of drug-likeness (QED) is 0.447. The number of nitrogens with one attached hydrogen (secondary N) is 1. The first-order chi connectivity index (χ1) is 13.9. The van der Waals surface area contributed by atoms with Gasteiger partial charge in [-0.2, -0.15) is 8.78 Å². The Labute approximate surface area is 171 Å². The van der Waals surface area contributed by atoms with E-state index in [2.05, 4.69) is 15.5 Å². The molecule has 150 valence electrons. The fourth-order valence-corrected chi connectivity index (χ4v) is 5.10. The SMILES string of the molecule is O=C(CSc1nnc2sc3ccccc3n12)Nc1ccc(S(=O)(=O)C(F)F)cc1. The third-order valence-corrected chi connectivity index (χ3v) is 7.28. The molecule has 0 aliphatic carbocycles. The molecule has 0 atom stereocenters. The zero-order valence-electron chi connectivity index (χ0n) is 14.5. The van der Waals surface area contributed by atoms with Crippen LogP contribution in [-0.4, -0.2) is 40.4 Å². The molecule has 1 N–H and O–H groups in total. The highest BCUT2D eigenvalue weighted by atomic mass is 32.2. The Morgan fingerprint density at radius 1 is 1.14 bits per heavy atom. The van der Waals surface area contributed by atoms with Crippen LogP contribution in [0.2, 0.25) is 0 Å². The molecule has 12 heteroatoms. The molecular formula is C17H12F2N4O3S3. The zero-order chi connectivity index (χ0) is 20.6. The lowest BCUT2D eigenvalue weighted by Gasteiger charge is -2.07. The van der Waals surface area contributed by atoms with Crippen LogP contribution in [0.3, 0.4) is 0 Å². The maximum Gasteiger partial charge on any atom is 0.341 e. The molecule has 2 aromatic carbocycles. The first-order valence-electron chi connectivity index (χ1n) is 8.14.